The maximum absolute atomic E-state index is 9.61. The van der Waals surface area contributed by atoms with Crippen molar-refractivity contribution in [3.63, 3.8) is 0 Å². The van der Waals surface area contributed by atoms with Crippen LogP contribution in [0.15, 0.2) is 174 Å². The van der Waals surface area contributed by atoms with Gasteiger partial charge in [-0.3, -0.25) is 0 Å². The third kappa shape index (κ3) is 4.09. The summed E-state index contributed by atoms with van der Waals surface area (Å²) in [6.07, 6.45) is 0. The van der Waals surface area contributed by atoms with E-state index in [9.17, 15) is 2.74 Å². The number of hydrogen-bond donors (Lipinski definition) is 0. The molecule has 0 spiro atoms. The minimum atomic E-state index is -0.608. The summed E-state index contributed by atoms with van der Waals surface area (Å²) in [5.41, 5.74) is 5.19. The molecule has 0 aliphatic rings. The first-order valence-electron chi connectivity index (χ1n) is 19.2. The molecule has 0 radical (unpaired) electrons. The smallest absolute Gasteiger partial charge is 0.136 e. The predicted molar refractivity (Wildman–Crippen MR) is 190 cm³/mol. The van der Waals surface area contributed by atoms with E-state index in [1.165, 1.54) is 0 Å². The Morgan fingerprint density at radius 2 is 0.956 bits per heavy atom. The van der Waals surface area contributed by atoms with Gasteiger partial charge in [0.1, 0.15) is 11.2 Å². The van der Waals surface area contributed by atoms with Crippen molar-refractivity contribution in [1.82, 2.24) is 0 Å². The molecule has 9 aromatic rings. The molecule has 0 unspecified atom stereocenters. The molecular weight excluding hydrogens is 544 g/mol. The van der Waals surface area contributed by atoms with Gasteiger partial charge in [-0.1, -0.05) is 151 Å². The van der Waals surface area contributed by atoms with E-state index in [2.05, 4.69) is 24.3 Å². The second-order valence-electron chi connectivity index (χ2n) is 10.9. The SMILES string of the molecule is [2H]c1c([2H])c([2H])c(-c2c([2H])c([2H])c([2H])c(-c3c4ccccc4c(-c4c(-c5ccccc5)ccc5oc6ccccc6c45)c4ccccc34)c2[2H])c([2H])c1[2H]. The van der Waals surface area contributed by atoms with Crippen molar-refractivity contribution in [3.8, 4) is 44.5 Å². The monoisotopic (exact) mass is 581 g/mol. The highest BCUT2D eigenvalue weighted by molar-refractivity contribution is 6.27. The molecule has 9 rings (SSSR count). The molecule has 0 bridgehead atoms. The zero-order chi connectivity index (χ0) is 37.6. The molecule has 8 aromatic carbocycles. The Labute approximate surface area is 274 Å². The van der Waals surface area contributed by atoms with E-state index in [1.54, 1.807) is 0 Å². The highest BCUT2D eigenvalue weighted by Crippen LogP contribution is 2.50. The Balaban J connectivity index is 1.48. The van der Waals surface area contributed by atoms with E-state index < -0.39 is 42.3 Å². The van der Waals surface area contributed by atoms with Gasteiger partial charge in [-0.25, -0.2) is 0 Å². The van der Waals surface area contributed by atoms with Gasteiger partial charge in [-0.05, 0) is 78.7 Å². The van der Waals surface area contributed by atoms with Crippen LogP contribution in [0.1, 0.15) is 12.3 Å². The zero-order valence-corrected chi connectivity index (χ0v) is 23.9. The number of fused-ring (bicyclic) bond motifs is 5. The minimum Gasteiger partial charge on any atom is -0.456 e. The third-order valence-electron chi connectivity index (χ3n) is 8.43. The van der Waals surface area contributed by atoms with E-state index >= 15 is 0 Å². The van der Waals surface area contributed by atoms with Crippen molar-refractivity contribution in [2.75, 3.05) is 0 Å². The molecule has 0 aliphatic heterocycles. The Morgan fingerprint density at radius 3 is 1.67 bits per heavy atom. The maximum Gasteiger partial charge on any atom is 0.136 e. The topological polar surface area (TPSA) is 13.1 Å². The fraction of sp³-hybridized carbons (Fsp3) is 0. The second kappa shape index (κ2) is 10.4. The van der Waals surface area contributed by atoms with Crippen molar-refractivity contribution < 1.29 is 16.8 Å². The summed E-state index contributed by atoms with van der Waals surface area (Å²) in [6.45, 7) is 0. The lowest BCUT2D eigenvalue weighted by Gasteiger charge is -2.20. The van der Waals surface area contributed by atoms with Crippen LogP contribution in [0.3, 0.4) is 0 Å². The van der Waals surface area contributed by atoms with Crippen LogP contribution in [-0.4, -0.2) is 0 Å². The summed E-state index contributed by atoms with van der Waals surface area (Å²) in [4.78, 5) is 0. The average Bonchev–Trinajstić information content (AvgIpc) is 3.58. The molecule has 1 heteroatoms. The molecule has 1 aromatic heterocycles. The number of para-hydroxylation sites is 1. The molecule has 0 aliphatic carbocycles. The molecule has 45 heavy (non-hydrogen) atoms. The zero-order valence-electron chi connectivity index (χ0n) is 32.9. The van der Waals surface area contributed by atoms with Gasteiger partial charge in [-0.15, -0.1) is 0 Å². The van der Waals surface area contributed by atoms with E-state index in [0.29, 0.717) is 16.3 Å². The Hall–Kier alpha value is -5.92. The van der Waals surface area contributed by atoms with Crippen molar-refractivity contribution in [2.45, 2.75) is 0 Å². The summed E-state index contributed by atoms with van der Waals surface area (Å²) >= 11 is 0. The quantitative estimate of drug-likeness (QED) is 0.188. The molecule has 0 saturated heterocycles. The third-order valence-corrected chi connectivity index (χ3v) is 8.43. The molecule has 1 heterocycles. The summed E-state index contributed by atoms with van der Waals surface area (Å²) in [7, 11) is 0. The Kier molecular flexibility index (Phi) is 4.15. The molecule has 0 amide bonds. The van der Waals surface area contributed by atoms with Crippen molar-refractivity contribution in [1.29, 1.82) is 0 Å². The highest BCUT2D eigenvalue weighted by Gasteiger charge is 2.23. The van der Waals surface area contributed by atoms with Crippen LogP contribution in [0.5, 0.6) is 0 Å². The lowest BCUT2D eigenvalue weighted by atomic mass is 9.82. The highest BCUT2D eigenvalue weighted by atomic mass is 16.3. The molecular formula is C44H28O. The lowest BCUT2D eigenvalue weighted by Crippen LogP contribution is -1.94. The first-order valence-corrected chi connectivity index (χ1v) is 14.7. The van der Waals surface area contributed by atoms with Crippen molar-refractivity contribution in [2.24, 2.45) is 0 Å². The maximum atomic E-state index is 9.61. The fourth-order valence-electron chi connectivity index (χ4n) is 6.57. The molecule has 0 atom stereocenters. The molecule has 0 fully saturated rings. The normalized spacial score (nSPS) is 14.4. The van der Waals surface area contributed by atoms with Crippen LogP contribution in [-0.2, 0) is 0 Å². The molecule has 0 saturated carbocycles. The number of benzene rings is 8. The van der Waals surface area contributed by atoms with Crippen LogP contribution in [0.2, 0.25) is 0 Å². The predicted octanol–water partition coefficient (Wildman–Crippen LogP) is 12.6. The van der Waals surface area contributed by atoms with Crippen LogP contribution in [0.25, 0.3) is 88.0 Å². The minimum absolute atomic E-state index is 0.0343. The van der Waals surface area contributed by atoms with Gasteiger partial charge in [0, 0.05) is 16.3 Å². The number of furan rings is 1. The molecule has 1 nitrogen and oxygen atoms in total. The fourth-order valence-corrected chi connectivity index (χ4v) is 6.57. The van der Waals surface area contributed by atoms with Gasteiger partial charge in [0.2, 0.25) is 0 Å². The van der Waals surface area contributed by atoms with Gasteiger partial charge >= 0.3 is 0 Å². The van der Waals surface area contributed by atoms with Crippen LogP contribution in [0.4, 0.5) is 0 Å². The van der Waals surface area contributed by atoms with E-state index in [-0.39, 0.29) is 28.8 Å². The summed E-state index contributed by atoms with van der Waals surface area (Å²) in [5.74, 6) is 0. The summed E-state index contributed by atoms with van der Waals surface area (Å²) < 4.78 is 85.3. The van der Waals surface area contributed by atoms with Crippen molar-refractivity contribution >= 4 is 43.5 Å². The summed E-state index contributed by atoms with van der Waals surface area (Å²) in [6, 6.07) is 32.8. The van der Waals surface area contributed by atoms with Crippen molar-refractivity contribution in [3.05, 3.63) is 170 Å². The van der Waals surface area contributed by atoms with E-state index in [4.69, 9.17) is 14.0 Å². The first kappa shape index (κ1) is 18.0. The molecule has 210 valence electrons. The molecule has 0 N–H and O–H groups in total. The van der Waals surface area contributed by atoms with Gasteiger partial charge in [0.15, 0.2) is 0 Å². The van der Waals surface area contributed by atoms with Crippen LogP contribution in [0, 0.1) is 0 Å². The largest absolute Gasteiger partial charge is 0.456 e. The van der Waals surface area contributed by atoms with Gasteiger partial charge < -0.3 is 4.42 Å². The standard InChI is InChI=1S/C44H28O/c1-3-14-29(15-4-1)31-18-13-19-32(28-31)41-34-20-7-9-22-36(34)42(37-23-10-8-21-35(37)41)44-33(30-16-5-2-6-17-30)26-27-40-43(44)38-24-11-12-25-39(38)45-40/h1-28H/i1D,3D,4D,13D,14D,15D,18D,19D,28D. The lowest BCUT2D eigenvalue weighted by molar-refractivity contribution is 0.669. The Morgan fingerprint density at radius 1 is 0.378 bits per heavy atom. The van der Waals surface area contributed by atoms with E-state index in [0.717, 1.165) is 55.0 Å². The first-order chi connectivity index (χ1) is 26.1. The van der Waals surface area contributed by atoms with E-state index in [1.807, 2.05) is 91.0 Å². The van der Waals surface area contributed by atoms with Crippen LogP contribution < -0.4 is 0 Å². The van der Waals surface area contributed by atoms with Crippen LogP contribution >= 0.6 is 0 Å². The second-order valence-corrected chi connectivity index (χ2v) is 10.9. The average molecular weight is 582 g/mol. The van der Waals surface area contributed by atoms with Gasteiger partial charge in [-0.2, -0.15) is 0 Å². The Bertz CT molecular complexity index is 2960. The van der Waals surface area contributed by atoms with Gasteiger partial charge in [0.25, 0.3) is 0 Å². The number of rotatable bonds is 4. The summed E-state index contributed by atoms with van der Waals surface area (Å²) in [5, 5.41) is 4.87. The van der Waals surface area contributed by atoms with Gasteiger partial charge in [0.05, 0.1) is 12.3 Å². The number of hydrogen-bond acceptors (Lipinski definition) is 1.